The Balaban J connectivity index is 2.48. The summed E-state index contributed by atoms with van der Waals surface area (Å²) < 4.78 is 12.9. The van der Waals surface area contributed by atoms with Crippen molar-refractivity contribution < 1.29 is 14.3 Å². The molecule has 1 aromatic heterocycles. The summed E-state index contributed by atoms with van der Waals surface area (Å²) in [6.45, 7) is 2.34. The molecule has 0 saturated carbocycles. The third-order valence-corrected chi connectivity index (χ3v) is 2.64. The molecule has 6 heteroatoms. The van der Waals surface area contributed by atoms with Crippen molar-refractivity contribution in [1.29, 1.82) is 0 Å². The molecule has 0 aliphatic rings. The van der Waals surface area contributed by atoms with Crippen LogP contribution in [0.2, 0.25) is 0 Å². The minimum absolute atomic E-state index is 0.0566. The second-order valence-electron chi connectivity index (χ2n) is 3.79. The number of carboxylic acids is 1. The first-order valence-electron chi connectivity index (χ1n) is 5.71. The molecule has 0 bridgehead atoms. The van der Waals surface area contributed by atoms with E-state index in [1.165, 1.54) is 24.4 Å². The van der Waals surface area contributed by atoms with Gasteiger partial charge in [0.25, 0.3) is 0 Å². The van der Waals surface area contributed by atoms with E-state index in [0.29, 0.717) is 12.2 Å². The van der Waals surface area contributed by atoms with Crippen LogP contribution in [0, 0.1) is 5.82 Å². The van der Waals surface area contributed by atoms with Crippen molar-refractivity contribution in [2.24, 2.45) is 0 Å². The van der Waals surface area contributed by atoms with Gasteiger partial charge >= 0.3 is 5.97 Å². The van der Waals surface area contributed by atoms with Crippen LogP contribution in [0.15, 0.2) is 36.5 Å². The third kappa shape index (κ3) is 2.67. The lowest BCUT2D eigenvalue weighted by Gasteiger charge is -2.22. The highest BCUT2D eigenvalue weighted by Crippen LogP contribution is 2.25. The van der Waals surface area contributed by atoms with Crippen LogP contribution >= 0.6 is 0 Å². The fraction of sp³-hybridized carbons (Fsp3) is 0.154. The molecule has 1 N–H and O–H groups in total. The van der Waals surface area contributed by atoms with Gasteiger partial charge in [-0.2, -0.15) is 5.10 Å². The van der Waals surface area contributed by atoms with Gasteiger partial charge < -0.3 is 10.0 Å². The summed E-state index contributed by atoms with van der Waals surface area (Å²) in [6.07, 6.45) is 1.32. The van der Waals surface area contributed by atoms with Crippen LogP contribution in [0.1, 0.15) is 17.3 Å². The normalized spacial score (nSPS) is 10.2. The Morgan fingerprint density at radius 2 is 2.00 bits per heavy atom. The number of hydrogen-bond donors (Lipinski definition) is 1. The molecule has 5 nitrogen and oxygen atoms in total. The monoisotopic (exact) mass is 261 g/mol. The Morgan fingerprint density at radius 1 is 1.32 bits per heavy atom. The second kappa shape index (κ2) is 5.43. The lowest BCUT2D eigenvalue weighted by molar-refractivity contribution is 0.0697. The van der Waals surface area contributed by atoms with E-state index in [4.69, 9.17) is 5.11 Å². The number of benzene rings is 1. The molecule has 19 heavy (non-hydrogen) atoms. The summed E-state index contributed by atoms with van der Waals surface area (Å²) >= 11 is 0. The number of carboxylic acid groups (broad SMARTS) is 1. The summed E-state index contributed by atoms with van der Waals surface area (Å²) in [4.78, 5) is 12.8. The molecule has 2 rings (SSSR count). The summed E-state index contributed by atoms with van der Waals surface area (Å²) in [5.74, 6) is -1.19. The van der Waals surface area contributed by atoms with E-state index in [2.05, 4.69) is 10.2 Å². The number of hydrogen-bond acceptors (Lipinski definition) is 4. The molecule has 0 unspecified atom stereocenters. The first-order chi connectivity index (χ1) is 9.13. The summed E-state index contributed by atoms with van der Waals surface area (Å²) in [5, 5.41) is 16.7. The summed E-state index contributed by atoms with van der Waals surface area (Å²) in [5.41, 5.74) is 0.716. The van der Waals surface area contributed by atoms with Gasteiger partial charge in [-0.25, -0.2) is 9.18 Å². The molecule has 0 saturated heterocycles. The molecule has 98 valence electrons. The molecule has 0 atom stereocenters. The average Bonchev–Trinajstić information content (AvgIpc) is 2.42. The molecule has 0 aliphatic carbocycles. The molecule has 1 aromatic carbocycles. The van der Waals surface area contributed by atoms with Crippen LogP contribution in [0.4, 0.5) is 15.9 Å². The Bertz CT molecular complexity index is 587. The molecule has 2 aromatic rings. The van der Waals surface area contributed by atoms with Crippen LogP contribution in [-0.2, 0) is 0 Å². The highest BCUT2D eigenvalue weighted by atomic mass is 19.1. The average molecular weight is 261 g/mol. The van der Waals surface area contributed by atoms with Crippen LogP contribution in [0.5, 0.6) is 0 Å². The first kappa shape index (κ1) is 12.9. The molecular formula is C13H12FN3O2. The van der Waals surface area contributed by atoms with E-state index in [1.54, 1.807) is 17.0 Å². The van der Waals surface area contributed by atoms with Gasteiger partial charge in [0.1, 0.15) is 11.4 Å². The topological polar surface area (TPSA) is 66.3 Å². The number of carbonyl (C=O) groups is 1. The Morgan fingerprint density at radius 3 is 2.58 bits per heavy atom. The largest absolute Gasteiger partial charge is 0.478 e. The van der Waals surface area contributed by atoms with E-state index in [1.807, 2.05) is 6.92 Å². The summed E-state index contributed by atoms with van der Waals surface area (Å²) in [6, 6.07) is 7.15. The van der Waals surface area contributed by atoms with Crippen molar-refractivity contribution in [2.75, 3.05) is 11.4 Å². The van der Waals surface area contributed by atoms with Gasteiger partial charge in [-0.1, -0.05) is 0 Å². The van der Waals surface area contributed by atoms with Crippen LogP contribution in [0.25, 0.3) is 0 Å². The van der Waals surface area contributed by atoms with Crippen molar-refractivity contribution in [3.05, 3.63) is 47.9 Å². The van der Waals surface area contributed by atoms with Crippen molar-refractivity contribution in [1.82, 2.24) is 10.2 Å². The van der Waals surface area contributed by atoms with Crippen LogP contribution < -0.4 is 4.90 Å². The van der Waals surface area contributed by atoms with E-state index >= 15 is 0 Å². The number of aromatic carboxylic acids is 1. The van der Waals surface area contributed by atoms with Crippen molar-refractivity contribution in [3.63, 3.8) is 0 Å². The predicted octanol–water partition coefficient (Wildman–Crippen LogP) is 2.47. The molecule has 1 heterocycles. The lowest BCUT2D eigenvalue weighted by Crippen LogP contribution is -2.21. The van der Waals surface area contributed by atoms with Gasteiger partial charge in [0.15, 0.2) is 5.82 Å². The highest BCUT2D eigenvalue weighted by Gasteiger charge is 2.18. The van der Waals surface area contributed by atoms with Gasteiger partial charge in [0.05, 0.1) is 6.20 Å². The quantitative estimate of drug-likeness (QED) is 0.915. The van der Waals surface area contributed by atoms with Crippen molar-refractivity contribution in [3.8, 4) is 0 Å². The highest BCUT2D eigenvalue weighted by molar-refractivity contribution is 5.94. The van der Waals surface area contributed by atoms with E-state index in [0.717, 1.165) is 0 Å². The fourth-order valence-electron chi connectivity index (χ4n) is 1.77. The van der Waals surface area contributed by atoms with Gasteiger partial charge in [0, 0.05) is 12.2 Å². The maximum Gasteiger partial charge on any atom is 0.339 e. The lowest BCUT2D eigenvalue weighted by atomic mass is 10.2. The predicted molar refractivity (Wildman–Crippen MR) is 68.1 cm³/mol. The van der Waals surface area contributed by atoms with Crippen LogP contribution in [0.3, 0.4) is 0 Å². The smallest absolute Gasteiger partial charge is 0.339 e. The zero-order chi connectivity index (χ0) is 13.8. The number of rotatable bonds is 4. The van der Waals surface area contributed by atoms with Gasteiger partial charge in [0.2, 0.25) is 0 Å². The van der Waals surface area contributed by atoms with E-state index < -0.39 is 5.97 Å². The van der Waals surface area contributed by atoms with Crippen molar-refractivity contribution >= 4 is 17.5 Å². The molecular weight excluding hydrogens is 249 g/mol. The first-order valence-corrected chi connectivity index (χ1v) is 5.71. The summed E-state index contributed by atoms with van der Waals surface area (Å²) in [7, 11) is 0. The Labute approximate surface area is 109 Å². The minimum Gasteiger partial charge on any atom is -0.478 e. The molecule has 0 spiro atoms. The van der Waals surface area contributed by atoms with Gasteiger partial charge in [-0.05, 0) is 37.3 Å². The standard InChI is InChI=1S/C13H12FN3O2/c1-2-17(10-5-3-9(14)4-6-10)12-11(13(18)19)7-8-15-16-12/h3-8H,2H2,1H3,(H,18,19). The van der Waals surface area contributed by atoms with E-state index in [9.17, 15) is 9.18 Å². The zero-order valence-electron chi connectivity index (χ0n) is 10.2. The van der Waals surface area contributed by atoms with Crippen molar-refractivity contribution in [2.45, 2.75) is 6.92 Å². The fourth-order valence-corrected chi connectivity index (χ4v) is 1.77. The maximum absolute atomic E-state index is 12.9. The molecule has 0 aliphatic heterocycles. The number of nitrogens with zero attached hydrogens (tertiary/aromatic N) is 3. The van der Waals surface area contributed by atoms with Gasteiger partial charge in [-0.15, -0.1) is 5.10 Å². The maximum atomic E-state index is 12.9. The third-order valence-electron chi connectivity index (χ3n) is 2.64. The number of halogens is 1. The molecule has 0 radical (unpaired) electrons. The second-order valence-corrected chi connectivity index (χ2v) is 3.79. The van der Waals surface area contributed by atoms with Gasteiger partial charge in [-0.3, -0.25) is 0 Å². The molecule has 0 fully saturated rings. The molecule has 0 amide bonds. The zero-order valence-corrected chi connectivity index (χ0v) is 10.2. The Kier molecular flexibility index (Phi) is 3.70. The SMILES string of the molecule is CCN(c1ccc(F)cc1)c1nnccc1C(=O)O. The number of aromatic nitrogens is 2. The van der Waals surface area contributed by atoms with E-state index in [-0.39, 0.29) is 17.2 Å². The minimum atomic E-state index is -1.08. The number of anilines is 2. The Hall–Kier alpha value is -2.50. The van der Waals surface area contributed by atoms with Crippen LogP contribution in [-0.4, -0.2) is 27.8 Å².